The van der Waals surface area contributed by atoms with E-state index in [1.165, 1.54) is 14.2 Å². The van der Waals surface area contributed by atoms with Gasteiger partial charge in [0.05, 0.1) is 31.2 Å². The second-order valence-corrected chi connectivity index (χ2v) is 6.90. The van der Waals surface area contributed by atoms with Gasteiger partial charge in [0, 0.05) is 5.56 Å². The Kier molecular flexibility index (Phi) is 3.79. The second-order valence-electron chi connectivity index (χ2n) is 5.71. The number of hydrogen-bond acceptors (Lipinski definition) is 7. The molecule has 0 radical (unpaired) electrons. The van der Waals surface area contributed by atoms with Gasteiger partial charge >= 0.3 is 11.9 Å². The number of thioether (sulfide) groups is 1. The van der Waals surface area contributed by atoms with Crippen LogP contribution in [0, 0.1) is 0 Å². The Hall–Kier alpha value is -2.35. The highest BCUT2D eigenvalue weighted by molar-refractivity contribution is 8.00. The van der Waals surface area contributed by atoms with Crippen LogP contribution >= 0.6 is 11.8 Å². The number of esters is 2. The number of methoxy groups -OCH3 is 2. The largest absolute Gasteiger partial charge is 0.465 e. The zero-order valence-corrected chi connectivity index (χ0v) is 14.5. The lowest BCUT2D eigenvalue weighted by atomic mass is 9.94. The fourth-order valence-electron chi connectivity index (χ4n) is 3.55. The third kappa shape index (κ3) is 2.13. The van der Waals surface area contributed by atoms with Crippen LogP contribution in [-0.2, 0) is 14.3 Å². The van der Waals surface area contributed by atoms with E-state index >= 15 is 0 Å². The van der Waals surface area contributed by atoms with E-state index in [-0.39, 0.29) is 11.1 Å². The van der Waals surface area contributed by atoms with Crippen LogP contribution < -0.4 is 10.9 Å². The summed E-state index contributed by atoms with van der Waals surface area (Å²) in [6.45, 7) is 0. The van der Waals surface area contributed by atoms with Gasteiger partial charge < -0.3 is 9.47 Å². The highest BCUT2D eigenvalue weighted by Crippen LogP contribution is 2.55. The highest BCUT2D eigenvalue weighted by atomic mass is 32.2. The first-order valence-electron chi connectivity index (χ1n) is 7.72. The number of ether oxygens (including phenoxy) is 2. The van der Waals surface area contributed by atoms with Gasteiger partial charge in [-0.3, -0.25) is 0 Å². The normalized spacial score (nSPS) is 20.2. The molecule has 7 heteroatoms. The molecule has 6 nitrogen and oxygen atoms in total. The van der Waals surface area contributed by atoms with Crippen LogP contribution in [0.3, 0.4) is 0 Å². The number of nitrogens with one attached hydrogen (secondary N) is 2. The quantitative estimate of drug-likeness (QED) is 0.799. The fraction of sp³-hybridized carbons (Fsp3) is 0.222. The number of carbonyl (C=O) groups is 2. The molecule has 2 N–H and O–H groups in total. The minimum absolute atomic E-state index is 0.205. The van der Waals surface area contributed by atoms with E-state index in [1.54, 1.807) is 17.8 Å². The molecule has 1 aliphatic heterocycles. The van der Waals surface area contributed by atoms with Crippen LogP contribution in [0.15, 0.2) is 36.4 Å². The lowest BCUT2D eigenvalue weighted by Gasteiger charge is -2.25. The lowest BCUT2D eigenvalue weighted by Crippen LogP contribution is -2.39. The van der Waals surface area contributed by atoms with Gasteiger partial charge in [0.15, 0.2) is 0 Å². The van der Waals surface area contributed by atoms with Crippen molar-refractivity contribution in [1.82, 2.24) is 10.9 Å². The van der Waals surface area contributed by atoms with E-state index in [9.17, 15) is 9.59 Å². The number of fused-ring (bicyclic) bond motifs is 5. The van der Waals surface area contributed by atoms with Gasteiger partial charge in [-0.15, -0.1) is 11.8 Å². The average Bonchev–Trinajstić information content (AvgIpc) is 3.25. The predicted octanol–water partition coefficient (Wildman–Crippen LogP) is 2.24. The number of hydrogen-bond donors (Lipinski definition) is 2. The molecule has 4 rings (SSSR count). The number of rotatable bonds is 2. The molecule has 128 valence electrons. The van der Waals surface area contributed by atoms with Crippen LogP contribution in [-0.4, -0.2) is 32.0 Å². The Morgan fingerprint density at radius 3 is 2.48 bits per heavy atom. The van der Waals surface area contributed by atoms with E-state index in [1.807, 2.05) is 30.3 Å². The van der Waals surface area contributed by atoms with Crippen molar-refractivity contribution < 1.29 is 19.1 Å². The molecule has 1 unspecified atom stereocenters. The molecule has 0 saturated carbocycles. The summed E-state index contributed by atoms with van der Waals surface area (Å²) in [5, 5.41) is 0. The summed E-state index contributed by atoms with van der Waals surface area (Å²) in [6, 6.07) is 11.4. The summed E-state index contributed by atoms with van der Waals surface area (Å²) in [4.78, 5) is 24.3. The Bertz CT molecular complexity index is 891. The van der Waals surface area contributed by atoms with Crippen molar-refractivity contribution >= 4 is 23.7 Å². The lowest BCUT2D eigenvalue weighted by molar-refractivity contribution is 0.0556. The Labute approximate surface area is 148 Å². The second kappa shape index (κ2) is 5.87. The first-order valence-corrected chi connectivity index (χ1v) is 8.70. The third-order valence-electron chi connectivity index (χ3n) is 4.58. The van der Waals surface area contributed by atoms with Crippen molar-refractivity contribution in [2.45, 2.75) is 4.87 Å². The molecule has 1 spiro atoms. The molecule has 0 aromatic heterocycles. The molecular weight excluding hydrogens is 340 g/mol. The molecule has 1 atom stereocenters. The van der Waals surface area contributed by atoms with Crippen LogP contribution in [0.5, 0.6) is 0 Å². The monoisotopic (exact) mass is 356 g/mol. The van der Waals surface area contributed by atoms with E-state index in [0.717, 1.165) is 22.6 Å². The van der Waals surface area contributed by atoms with Crippen LogP contribution in [0.2, 0.25) is 0 Å². The van der Waals surface area contributed by atoms with Crippen molar-refractivity contribution in [3.05, 3.63) is 58.7 Å². The topological polar surface area (TPSA) is 76.7 Å². The van der Waals surface area contributed by atoms with E-state index in [2.05, 4.69) is 10.9 Å². The standard InChI is InChI=1S/C18H16N2O4S/c1-23-16(21)11-7-8-13-14(15(11)17(22)24-2)10-5-3-4-6-12(10)18(13)20-19-9-25-18/h3-8,19-20H,9H2,1-2H3. The van der Waals surface area contributed by atoms with Crippen LogP contribution in [0.1, 0.15) is 31.8 Å². The summed E-state index contributed by atoms with van der Waals surface area (Å²) < 4.78 is 9.83. The molecule has 1 aliphatic carbocycles. The zero-order chi connectivity index (χ0) is 17.6. The zero-order valence-electron chi connectivity index (χ0n) is 13.7. The van der Waals surface area contributed by atoms with Gasteiger partial charge in [0.1, 0.15) is 4.87 Å². The van der Waals surface area contributed by atoms with Gasteiger partial charge in [-0.2, -0.15) is 0 Å². The first kappa shape index (κ1) is 16.1. The highest BCUT2D eigenvalue weighted by Gasteiger charge is 2.48. The van der Waals surface area contributed by atoms with Gasteiger partial charge in [-0.05, 0) is 22.8 Å². The van der Waals surface area contributed by atoms with Gasteiger partial charge in [-0.25, -0.2) is 20.4 Å². The summed E-state index contributed by atoms with van der Waals surface area (Å²) in [6.07, 6.45) is 0. The summed E-state index contributed by atoms with van der Waals surface area (Å²) in [5.41, 5.74) is 10.5. The molecule has 2 aliphatic rings. The number of benzene rings is 2. The maximum atomic E-state index is 12.6. The van der Waals surface area contributed by atoms with Crippen molar-refractivity contribution in [2.24, 2.45) is 0 Å². The fourth-order valence-corrected chi connectivity index (χ4v) is 4.72. The number of carbonyl (C=O) groups excluding carboxylic acids is 2. The average molecular weight is 356 g/mol. The third-order valence-corrected chi connectivity index (χ3v) is 5.84. The molecule has 0 amide bonds. The SMILES string of the molecule is COC(=O)c1ccc2c(c1C(=O)OC)-c1ccccc1C21NNCS1. The van der Waals surface area contributed by atoms with E-state index in [0.29, 0.717) is 5.56 Å². The maximum absolute atomic E-state index is 12.6. The summed E-state index contributed by atoms with van der Waals surface area (Å²) in [5.74, 6) is -0.396. The molecule has 1 heterocycles. The summed E-state index contributed by atoms with van der Waals surface area (Å²) in [7, 11) is 2.61. The molecule has 25 heavy (non-hydrogen) atoms. The Morgan fingerprint density at radius 1 is 1.04 bits per heavy atom. The number of hydrazine groups is 1. The van der Waals surface area contributed by atoms with Crippen molar-refractivity contribution in [1.29, 1.82) is 0 Å². The molecule has 1 saturated heterocycles. The van der Waals surface area contributed by atoms with Crippen molar-refractivity contribution in [3.8, 4) is 11.1 Å². The van der Waals surface area contributed by atoms with E-state index < -0.39 is 16.8 Å². The minimum atomic E-state index is -0.563. The minimum Gasteiger partial charge on any atom is -0.465 e. The molecular formula is C18H16N2O4S. The van der Waals surface area contributed by atoms with Gasteiger partial charge in [0.2, 0.25) is 0 Å². The molecule has 2 aromatic carbocycles. The first-order chi connectivity index (χ1) is 12.1. The van der Waals surface area contributed by atoms with Gasteiger partial charge in [-0.1, -0.05) is 30.3 Å². The van der Waals surface area contributed by atoms with Gasteiger partial charge in [0.25, 0.3) is 0 Å². The Balaban J connectivity index is 2.09. The summed E-state index contributed by atoms with van der Waals surface area (Å²) >= 11 is 1.70. The molecule has 0 bridgehead atoms. The van der Waals surface area contributed by atoms with Crippen molar-refractivity contribution in [3.63, 3.8) is 0 Å². The van der Waals surface area contributed by atoms with Crippen molar-refractivity contribution in [2.75, 3.05) is 20.1 Å². The van der Waals surface area contributed by atoms with Crippen LogP contribution in [0.25, 0.3) is 11.1 Å². The molecule has 1 fully saturated rings. The predicted molar refractivity (Wildman–Crippen MR) is 94.1 cm³/mol. The Morgan fingerprint density at radius 2 is 1.80 bits per heavy atom. The van der Waals surface area contributed by atoms with Crippen LogP contribution in [0.4, 0.5) is 0 Å². The maximum Gasteiger partial charge on any atom is 0.339 e. The molecule has 2 aromatic rings. The van der Waals surface area contributed by atoms with E-state index in [4.69, 9.17) is 9.47 Å². The smallest absolute Gasteiger partial charge is 0.339 e.